The van der Waals surface area contributed by atoms with Crippen molar-refractivity contribution in [1.29, 1.82) is 0 Å². The molecule has 3 rings (SSSR count). The number of nitrogens with zero attached hydrogens (tertiary/aromatic N) is 2. The Hall–Kier alpha value is -1.96. The van der Waals surface area contributed by atoms with Crippen molar-refractivity contribution in [3.8, 4) is 0 Å². The van der Waals surface area contributed by atoms with E-state index in [-0.39, 0.29) is 25.3 Å². The minimum atomic E-state index is -4.84. The quantitative estimate of drug-likeness (QED) is 0.313. The lowest BCUT2D eigenvalue weighted by Crippen LogP contribution is -2.54. The maximum atomic E-state index is 12.3. The number of fused-ring (bicyclic) bond motifs is 2. The molecule has 12 nitrogen and oxygen atoms in total. The minimum Gasteiger partial charge on any atom is -0.314 e. The summed E-state index contributed by atoms with van der Waals surface area (Å²) in [6, 6.07) is -1.94. The smallest absolute Gasteiger partial charge is 0.314 e. The van der Waals surface area contributed by atoms with E-state index >= 15 is 0 Å². The van der Waals surface area contributed by atoms with Gasteiger partial charge in [0, 0.05) is 19.0 Å². The molecule has 3 fully saturated rings. The third-order valence-corrected chi connectivity index (χ3v) is 5.36. The molecule has 3 heterocycles. The second-order valence-corrected chi connectivity index (χ2v) is 7.88. The zero-order valence-electron chi connectivity index (χ0n) is 14.6. The third-order valence-electron chi connectivity index (χ3n) is 5.01. The molecule has 0 spiro atoms. The predicted molar refractivity (Wildman–Crippen MR) is 89.9 cm³/mol. The maximum Gasteiger partial charge on any atom is 0.418 e. The summed E-state index contributed by atoms with van der Waals surface area (Å²) in [7, 11) is -4.84. The predicted octanol–water partition coefficient (Wildman–Crippen LogP) is -1.33. The van der Waals surface area contributed by atoms with Gasteiger partial charge in [0.1, 0.15) is 6.04 Å². The SMILES string of the molecule is O=C(CC[C@@H]1CCCN1)NNC(=O)[C@H]1CC[C@@H]2CN1C(=O)N2OS(=O)(=O)O. The average Bonchev–Trinajstić information content (AvgIpc) is 3.20. The van der Waals surface area contributed by atoms with Gasteiger partial charge in [-0.3, -0.25) is 25.0 Å². The number of rotatable bonds is 6. The van der Waals surface area contributed by atoms with Gasteiger partial charge in [0.2, 0.25) is 5.91 Å². The van der Waals surface area contributed by atoms with Crippen LogP contribution in [0, 0.1) is 0 Å². The molecular formula is C14H23N5O7S. The number of amides is 4. The van der Waals surface area contributed by atoms with E-state index in [1.807, 2.05) is 0 Å². The second-order valence-electron chi connectivity index (χ2n) is 6.88. The van der Waals surface area contributed by atoms with E-state index in [1.165, 1.54) is 0 Å². The van der Waals surface area contributed by atoms with Crippen LogP contribution in [0.4, 0.5) is 4.79 Å². The van der Waals surface area contributed by atoms with Crippen molar-refractivity contribution in [1.82, 2.24) is 26.1 Å². The Bertz CT molecular complexity index is 709. The van der Waals surface area contributed by atoms with Crippen molar-refractivity contribution in [2.24, 2.45) is 0 Å². The molecule has 0 unspecified atom stereocenters. The lowest BCUT2D eigenvalue weighted by Gasteiger charge is -2.29. The van der Waals surface area contributed by atoms with E-state index in [9.17, 15) is 22.8 Å². The van der Waals surface area contributed by atoms with E-state index in [2.05, 4.69) is 20.5 Å². The lowest BCUT2D eigenvalue weighted by molar-refractivity contribution is -0.132. The number of urea groups is 1. The van der Waals surface area contributed by atoms with Gasteiger partial charge in [0.25, 0.3) is 5.91 Å². The molecule has 4 N–H and O–H groups in total. The molecule has 0 aromatic heterocycles. The summed E-state index contributed by atoms with van der Waals surface area (Å²) < 4.78 is 34.8. The molecule has 3 aliphatic heterocycles. The molecule has 3 saturated heterocycles. The fraction of sp³-hybridized carbons (Fsp3) is 0.786. The van der Waals surface area contributed by atoms with E-state index in [4.69, 9.17) is 4.55 Å². The van der Waals surface area contributed by atoms with Gasteiger partial charge in [-0.05, 0) is 38.6 Å². The molecular weight excluding hydrogens is 382 g/mol. The molecule has 13 heteroatoms. The molecule has 3 aliphatic rings. The summed E-state index contributed by atoms with van der Waals surface area (Å²) in [6.07, 6.45) is 3.66. The van der Waals surface area contributed by atoms with Crippen LogP contribution in [0.5, 0.6) is 0 Å². The Balaban J connectivity index is 1.47. The van der Waals surface area contributed by atoms with Crippen LogP contribution in [-0.4, -0.2) is 72.0 Å². The zero-order valence-corrected chi connectivity index (χ0v) is 15.4. The Morgan fingerprint density at radius 2 is 2.04 bits per heavy atom. The number of hydrazine groups is 1. The number of carbonyl (C=O) groups excluding carboxylic acids is 3. The van der Waals surface area contributed by atoms with Crippen LogP contribution in [0.1, 0.15) is 38.5 Å². The van der Waals surface area contributed by atoms with E-state index < -0.39 is 34.4 Å². The summed E-state index contributed by atoms with van der Waals surface area (Å²) >= 11 is 0. The fourth-order valence-electron chi connectivity index (χ4n) is 3.69. The average molecular weight is 405 g/mol. The number of hydrogen-bond acceptors (Lipinski definition) is 7. The van der Waals surface area contributed by atoms with Crippen molar-refractivity contribution in [2.45, 2.75) is 56.7 Å². The maximum absolute atomic E-state index is 12.3. The van der Waals surface area contributed by atoms with E-state index in [0.717, 1.165) is 24.3 Å². The van der Waals surface area contributed by atoms with Gasteiger partial charge >= 0.3 is 16.4 Å². The highest BCUT2D eigenvalue weighted by molar-refractivity contribution is 7.80. The highest BCUT2D eigenvalue weighted by Gasteiger charge is 2.49. The van der Waals surface area contributed by atoms with Crippen molar-refractivity contribution >= 4 is 28.2 Å². The summed E-state index contributed by atoms with van der Waals surface area (Å²) in [6.45, 7) is 1.04. The van der Waals surface area contributed by atoms with Crippen LogP contribution in [0.15, 0.2) is 0 Å². The molecule has 152 valence electrons. The van der Waals surface area contributed by atoms with Gasteiger partial charge in [-0.1, -0.05) is 0 Å². The first-order valence-corrected chi connectivity index (χ1v) is 10.2. The van der Waals surface area contributed by atoms with Crippen LogP contribution in [-0.2, 0) is 24.3 Å². The number of hydrogen-bond donors (Lipinski definition) is 4. The minimum absolute atomic E-state index is 0.0910. The standard InChI is InChI=1S/C14H23N5O7S/c20-12(6-3-9-2-1-7-15-9)16-17-13(21)11-5-4-10-8-18(11)14(22)19(10)26-27(23,24)25/h9-11,15H,1-8H2,(H,16,20)(H,17,21)(H,23,24,25)/t9-,10+,11+/m0/s1. The van der Waals surface area contributed by atoms with Gasteiger partial charge in [-0.25, -0.2) is 4.79 Å². The normalized spacial score (nSPS) is 27.7. The molecule has 0 aliphatic carbocycles. The first kappa shape index (κ1) is 19.8. The van der Waals surface area contributed by atoms with Gasteiger partial charge in [0.15, 0.2) is 0 Å². The molecule has 2 bridgehead atoms. The van der Waals surface area contributed by atoms with Gasteiger partial charge in [0.05, 0.1) is 6.04 Å². The van der Waals surface area contributed by atoms with E-state index in [1.54, 1.807) is 0 Å². The largest absolute Gasteiger partial charge is 0.418 e. The van der Waals surface area contributed by atoms with Crippen molar-refractivity contribution < 1.29 is 31.6 Å². The molecule has 27 heavy (non-hydrogen) atoms. The number of nitrogens with one attached hydrogen (secondary N) is 3. The Morgan fingerprint density at radius 3 is 2.70 bits per heavy atom. The van der Waals surface area contributed by atoms with Crippen LogP contribution in [0.2, 0.25) is 0 Å². The van der Waals surface area contributed by atoms with Gasteiger partial charge < -0.3 is 10.2 Å². The zero-order chi connectivity index (χ0) is 19.6. The second kappa shape index (κ2) is 7.96. The van der Waals surface area contributed by atoms with Gasteiger partial charge in [-0.2, -0.15) is 13.5 Å². The molecule has 0 aromatic rings. The fourth-order valence-corrected chi connectivity index (χ4v) is 4.08. The molecule has 4 amide bonds. The van der Waals surface area contributed by atoms with Crippen LogP contribution >= 0.6 is 0 Å². The Kier molecular flexibility index (Phi) is 5.83. The molecule has 0 saturated carbocycles. The first-order valence-electron chi connectivity index (χ1n) is 8.83. The number of carbonyl (C=O) groups is 3. The summed E-state index contributed by atoms with van der Waals surface area (Å²) in [4.78, 5) is 37.6. The molecule has 3 atom stereocenters. The molecule has 0 radical (unpaired) electrons. The van der Waals surface area contributed by atoms with Crippen molar-refractivity contribution in [3.63, 3.8) is 0 Å². The topological polar surface area (TPSA) is 157 Å². The summed E-state index contributed by atoms with van der Waals surface area (Å²) in [5, 5.41) is 3.85. The van der Waals surface area contributed by atoms with Crippen LogP contribution in [0.3, 0.4) is 0 Å². The molecule has 0 aromatic carbocycles. The van der Waals surface area contributed by atoms with Crippen LogP contribution < -0.4 is 16.2 Å². The Morgan fingerprint density at radius 1 is 1.26 bits per heavy atom. The highest BCUT2D eigenvalue weighted by atomic mass is 32.3. The van der Waals surface area contributed by atoms with Gasteiger partial charge in [-0.15, -0.1) is 4.28 Å². The monoisotopic (exact) mass is 405 g/mol. The Labute approximate surface area is 156 Å². The van der Waals surface area contributed by atoms with Crippen LogP contribution in [0.25, 0.3) is 0 Å². The van der Waals surface area contributed by atoms with Crippen molar-refractivity contribution in [3.05, 3.63) is 0 Å². The number of piperidine rings is 1. The third kappa shape index (κ3) is 4.86. The summed E-state index contributed by atoms with van der Waals surface area (Å²) in [5.41, 5.74) is 4.66. The highest BCUT2D eigenvalue weighted by Crippen LogP contribution is 2.30. The number of hydroxylamine groups is 2. The van der Waals surface area contributed by atoms with E-state index in [0.29, 0.717) is 23.9 Å². The lowest BCUT2D eigenvalue weighted by atomic mass is 10.0. The summed E-state index contributed by atoms with van der Waals surface area (Å²) in [5.74, 6) is -0.891. The first-order chi connectivity index (χ1) is 12.7. The van der Waals surface area contributed by atoms with Crippen molar-refractivity contribution in [2.75, 3.05) is 13.1 Å².